The van der Waals surface area contributed by atoms with Gasteiger partial charge >= 0.3 is 5.97 Å². The van der Waals surface area contributed by atoms with Crippen LogP contribution in [0.4, 0.5) is 4.39 Å². The number of aromatic nitrogens is 2. The van der Waals surface area contributed by atoms with Gasteiger partial charge in [-0.25, -0.2) is 14.2 Å². The maximum Gasteiger partial charge on any atom is 0.341 e. The Balaban J connectivity index is 2.53. The monoisotopic (exact) mass is 286 g/mol. The average molecular weight is 287 g/mol. The second-order valence-electron chi connectivity index (χ2n) is 3.10. The summed E-state index contributed by atoms with van der Waals surface area (Å²) in [5.41, 5.74) is 0.933. The number of benzene rings is 1. The molecule has 0 aliphatic carbocycles. The van der Waals surface area contributed by atoms with E-state index in [2.05, 4.69) is 25.9 Å². The number of nitrogens with zero attached hydrogens (tertiary/aromatic N) is 1. The minimum atomic E-state index is -0.680. The maximum atomic E-state index is 13.5. The minimum absolute atomic E-state index is 0.103. The minimum Gasteiger partial charge on any atom is -0.462 e. The van der Waals surface area contributed by atoms with Crippen LogP contribution in [0.2, 0.25) is 0 Å². The van der Waals surface area contributed by atoms with Gasteiger partial charge in [-0.15, -0.1) is 0 Å². The van der Waals surface area contributed by atoms with Crippen LogP contribution in [0, 0.1) is 5.82 Å². The standard InChI is InChI=1S/C10H8BrFN2O2/c1-2-16-9(15)5-3-7-8(4-6(5)12)14-10(11)13-7/h3-4H,2H2,1H3,(H,13,14). The van der Waals surface area contributed by atoms with Crippen molar-refractivity contribution in [3.63, 3.8) is 0 Å². The van der Waals surface area contributed by atoms with Crippen LogP contribution in [-0.2, 0) is 4.74 Å². The third-order valence-corrected chi connectivity index (χ3v) is 2.41. The lowest BCUT2D eigenvalue weighted by Gasteiger charge is -2.02. The van der Waals surface area contributed by atoms with E-state index in [1.54, 1.807) is 6.92 Å². The van der Waals surface area contributed by atoms with Gasteiger partial charge in [-0.05, 0) is 28.9 Å². The van der Waals surface area contributed by atoms with Gasteiger partial charge in [0.15, 0.2) is 4.73 Å². The number of halogens is 2. The van der Waals surface area contributed by atoms with E-state index in [-0.39, 0.29) is 12.2 Å². The smallest absolute Gasteiger partial charge is 0.341 e. The van der Waals surface area contributed by atoms with Crippen LogP contribution in [-0.4, -0.2) is 22.5 Å². The summed E-state index contributed by atoms with van der Waals surface area (Å²) in [5.74, 6) is -1.30. The molecule has 0 amide bonds. The molecule has 0 fully saturated rings. The number of esters is 1. The van der Waals surface area contributed by atoms with E-state index in [1.807, 2.05) is 0 Å². The van der Waals surface area contributed by atoms with Crippen molar-refractivity contribution in [2.45, 2.75) is 6.92 Å². The van der Waals surface area contributed by atoms with Gasteiger partial charge in [0, 0.05) is 6.07 Å². The van der Waals surface area contributed by atoms with Crippen molar-refractivity contribution < 1.29 is 13.9 Å². The maximum absolute atomic E-state index is 13.5. The number of hydrogen-bond acceptors (Lipinski definition) is 3. The first-order valence-corrected chi connectivity index (χ1v) is 5.43. The zero-order valence-corrected chi connectivity index (χ0v) is 9.97. The van der Waals surface area contributed by atoms with Crippen molar-refractivity contribution >= 4 is 32.9 Å². The molecule has 0 unspecified atom stereocenters. The van der Waals surface area contributed by atoms with Gasteiger partial charge in [0.05, 0.1) is 23.2 Å². The molecule has 0 spiro atoms. The summed E-state index contributed by atoms with van der Waals surface area (Å²) in [5, 5.41) is 0. The molecule has 1 heterocycles. The lowest BCUT2D eigenvalue weighted by atomic mass is 10.2. The Bertz CT molecular complexity index is 553. The van der Waals surface area contributed by atoms with E-state index in [0.29, 0.717) is 15.8 Å². The predicted octanol–water partition coefficient (Wildman–Crippen LogP) is 2.64. The van der Waals surface area contributed by atoms with Crippen molar-refractivity contribution in [1.29, 1.82) is 0 Å². The molecule has 0 aliphatic heterocycles. The van der Waals surface area contributed by atoms with Crippen LogP contribution in [0.3, 0.4) is 0 Å². The highest BCUT2D eigenvalue weighted by molar-refractivity contribution is 9.10. The number of carbonyl (C=O) groups is 1. The van der Waals surface area contributed by atoms with E-state index in [1.165, 1.54) is 12.1 Å². The molecule has 1 aromatic heterocycles. The average Bonchev–Trinajstić information content (AvgIpc) is 2.56. The number of carbonyl (C=O) groups excluding carboxylic acids is 1. The largest absolute Gasteiger partial charge is 0.462 e. The highest BCUT2D eigenvalue weighted by atomic mass is 79.9. The molecular weight excluding hydrogens is 279 g/mol. The number of hydrogen-bond donors (Lipinski definition) is 1. The molecule has 1 aromatic carbocycles. The number of imidazole rings is 1. The number of fused-ring (bicyclic) bond motifs is 1. The molecule has 0 bridgehead atoms. The molecule has 0 atom stereocenters. The molecular formula is C10H8BrFN2O2. The zero-order chi connectivity index (χ0) is 11.7. The molecule has 16 heavy (non-hydrogen) atoms. The molecule has 0 saturated carbocycles. The van der Waals surface area contributed by atoms with Gasteiger partial charge in [-0.3, -0.25) is 0 Å². The van der Waals surface area contributed by atoms with Gasteiger partial charge in [-0.2, -0.15) is 0 Å². The Morgan fingerprint density at radius 2 is 2.38 bits per heavy atom. The predicted molar refractivity (Wildman–Crippen MR) is 59.7 cm³/mol. The SMILES string of the molecule is CCOC(=O)c1cc2nc(Br)[nH]c2cc1F. The normalized spacial score (nSPS) is 10.7. The molecule has 0 saturated heterocycles. The lowest BCUT2D eigenvalue weighted by molar-refractivity contribution is 0.0521. The summed E-state index contributed by atoms with van der Waals surface area (Å²) in [6.07, 6.45) is 0. The van der Waals surface area contributed by atoms with Crippen LogP contribution >= 0.6 is 15.9 Å². The van der Waals surface area contributed by atoms with Crippen LogP contribution < -0.4 is 0 Å². The molecule has 0 aliphatic rings. The zero-order valence-electron chi connectivity index (χ0n) is 8.38. The third-order valence-electron chi connectivity index (χ3n) is 2.04. The number of rotatable bonds is 2. The van der Waals surface area contributed by atoms with Gasteiger partial charge < -0.3 is 9.72 Å². The summed E-state index contributed by atoms with van der Waals surface area (Å²) >= 11 is 3.14. The van der Waals surface area contributed by atoms with E-state index < -0.39 is 11.8 Å². The second kappa shape index (κ2) is 4.21. The molecule has 2 rings (SSSR count). The van der Waals surface area contributed by atoms with Gasteiger partial charge in [0.1, 0.15) is 5.82 Å². The van der Waals surface area contributed by atoms with Crippen molar-refractivity contribution in [3.8, 4) is 0 Å². The Hall–Kier alpha value is -1.43. The van der Waals surface area contributed by atoms with Crippen molar-refractivity contribution in [1.82, 2.24) is 9.97 Å². The van der Waals surface area contributed by atoms with E-state index in [0.717, 1.165) is 0 Å². The highest BCUT2D eigenvalue weighted by Crippen LogP contribution is 2.20. The molecule has 0 radical (unpaired) electrons. The van der Waals surface area contributed by atoms with Gasteiger partial charge in [-0.1, -0.05) is 0 Å². The first-order chi connectivity index (χ1) is 7.61. The topological polar surface area (TPSA) is 55.0 Å². The van der Waals surface area contributed by atoms with Crippen LogP contribution in [0.5, 0.6) is 0 Å². The number of H-pyrrole nitrogens is 1. The molecule has 84 valence electrons. The second-order valence-corrected chi connectivity index (χ2v) is 3.85. The fraction of sp³-hybridized carbons (Fsp3) is 0.200. The van der Waals surface area contributed by atoms with Crippen molar-refractivity contribution in [2.24, 2.45) is 0 Å². The first-order valence-electron chi connectivity index (χ1n) is 4.63. The number of aromatic amines is 1. The summed E-state index contributed by atoms with van der Waals surface area (Å²) in [6.45, 7) is 1.88. The Morgan fingerprint density at radius 1 is 1.62 bits per heavy atom. The van der Waals surface area contributed by atoms with E-state index in [4.69, 9.17) is 4.74 Å². The molecule has 2 aromatic rings. The van der Waals surface area contributed by atoms with E-state index in [9.17, 15) is 9.18 Å². The fourth-order valence-corrected chi connectivity index (χ4v) is 1.77. The Labute approximate surface area is 98.9 Å². The Kier molecular flexibility index (Phi) is 2.91. The van der Waals surface area contributed by atoms with Crippen LogP contribution in [0.15, 0.2) is 16.9 Å². The van der Waals surface area contributed by atoms with Crippen LogP contribution in [0.25, 0.3) is 11.0 Å². The summed E-state index contributed by atoms with van der Waals surface area (Å²) in [6, 6.07) is 2.59. The van der Waals surface area contributed by atoms with Crippen molar-refractivity contribution in [3.05, 3.63) is 28.2 Å². The quantitative estimate of drug-likeness (QED) is 0.864. The molecule has 6 heteroatoms. The van der Waals surface area contributed by atoms with Crippen molar-refractivity contribution in [2.75, 3.05) is 6.61 Å². The molecule has 1 N–H and O–H groups in total. The summed E-state index contributed by atoms with van der Waals surface area (Å²) in [4.78, 5) is 18.3. The summed E-state index contributed by atoms with van der Waals surface area (Å²) < 4.78 is 18.8. The number of ether oxygens (including phenoxy) is 1. The lowest BCUT2D eigenvalue weighted by Crippen LogP contribution is -2.07. The number of nitrogens with one attached hydrogen (secondary N) is 1. The van der Waals surface area contributed by atoms with Gasteiger partial charge in [0.25, 0.3) is 0 Å². The summed E-state index contributed by atoms with van der Waals surface area (Å²) in [7, 11) is 0. The van der Waals surface area contributed by atoms with Crippen LogP contribution in [0.1, 0.15) is 17.3 Å². The molecule has 4 nitrogen and oxygen atoms in total. The van der Waals surface area contributed by atoms with E-state index >= 15 is 0 Å². The van der Waals surface area contributed by atoms with Gasteiger partial charge in [0.2, 0.25) is 0 Å². The first kappa shape index (κ1) is 11.1. The Morgan fingerprint density at radius 3 is 3.06 bits per heavy atom. The highest BCUT2D eigenvalue weighted by Gasteiger charge is 2.15. The third kappa shape index (κ3) is 1.92. The fourth-order valence-electron chi connectivity index (χ4n) is 1.36.